The molecule has 4 rings (SSSR count). The van der Waals surface area contributed by atoms with Gasteiger partial charge in [-0.2, -0.15) is 0 Å². The van der Waals surface area contributed by atoms with Crippen LogP contribution in [-0.2, 0) is 6.42 Å². The largest absolute Gasteiger partial charge is 0.497 e. The second-order valence-electron chi connectivity index (χ2n) is 8.71. The first-order chi connectivity index (χ1) is 17.1. The molecule has 0 N–H and O–H groups in total. The minimum absolute atomic E-state index is 0. The van der Waals surface area contributed by atoms with Crippen molar-refractivity contribution in [3.8, 4) is 11.5 Å². The minimum Gasteiger partial charge on any atom is -0.497 e. The van der Waals surface area contributed by atoms with Gasteiger partial charge in [0.1, 0.15) is 11.5 Å². The molecule has 2 fully saturated rings. The Labute approximate surface area is 219 Å². The normalized spacial score (nSPS) is 18.1. The van der Waals surface area contributed by atoms with Gasteiger partial charge in [-0.25, -0.2) is 0 Å². The Balaban J connectivity index is 0.00000123. The molecular formula is C31H47NO4. The van der Waals surface area contributed by atoms with Gasteiger partial charge in [-0.1, -0.05) is 60.5 Å². The lowest BCUT2D eigenvalue weighted by Crippen LogP contribution is -2.44. The van der Waals surface area contributed by atoms with E-state index in [4.69, 9.17) is 9.47 Å². The lowest BCUT2D eigenvalue weighted by atomic mass is 9.75. The average Bonchev–Trinajstić information content (AvgIpc) is 2.94. The van der Waals surface area contributed by atoms with Crippen LogP contribution in [0.15, 0.2) is 42.5 Å². The predicted octanol–water partition coefficient (Wildman–Crippen LogP) is 7.47. The summed E-state index contributed by atoms with van der Waals surface area (Å²) in [7, 11) is 3.18. The molecule has 1 aliphatic carbocycles. The number of methoxy groups -OCH3 is 2. The van der Waals surface area contributed by atoms with Gasteiger partial charge in [-0.15, -0.1) is 0 Å². The number of fused-ring (bicyclic) bond motifs is 1. The van der Waals surface area contributed by atoms with E-state index >= 15 is 0 Å². The van der Waals surface area contributed by atoms with E-state index in [0.717, 1.165) is 36.7 Å². The van der Waals surface area contributed by atoms with Crippen molar-refractivity contribution < 1.29 is 19.1 Å². The third-order valence-corrected chi connectivity index (χ3v) is 6.85. The van der Waals surface area contributed by atoms with Crippen molar-refractivity contribution in [1.29, 1.82) is 0 Å². The molecule has 2 aliphatic rings. The summed E-state index contributed by atoms with van der Waals surface area (Å²) >= 11 is 0. The molecule has 36 heavy (non-hydrogen) atoms. The zero-order valence-electron chi connectivity index (χ0n) is 22.4. The van der Waals surface area contributed by atoms with Gasteiger partial charge < -0.3 is 14.4 Å². The molecule has 2 atom stereocenters. The number of rotatable bonds is 6. The van der Waals surface area contributed by atoms with Crippen molar-refractivity contribution in [2.24, 2.45) is 11.8 Å². The number of piperidine rings is 1. The summed E-state index contributed by atoms with van der Waals surface area (Å²) in [4.78, 5) is 27.9. The molecular weight excluding hydrogens is 450 g/mol. The van der Waals surface area contributed by atoms with Crippen LogP contribution < -0.4 is 9.47 Å². The van der Waals surface area contributed by atoms with Gasteiger partial charge in [-0.3, -0.25) is 9.59 Å². The van der Waals surface area contributed by atoms with Crippen molar-refractivity contribution in [3.63, 3.8) is 0 Å². The molecule has 0 radical (unpaired) electrons. The molecule has 200 valence electrons. The standard InChI is InChI=1S/C26H31NO4.2C2H6.CH4/c1-30-22-10-8-20(9-11-22)24(28)15-18-7-12-23(25(16-18)31-2)26(29)27-14-13-19-5-3-4-6-21(19)17-27;2*1-2;/h7-12,16,19,21H,3-6,13-15,17H2,1-2H3;2*1-2H3;1H4/t19?,21-;;;/m0.../s1. The monoisotopic (exact) mass is 497 g/mol. The second kappa shape index (κ2) is 16.0. The smallest absolute Gasteiger partial charge is 0.257 e. The summed E-state index contributed by atoms with van der Waals surface area (Å²) in [6.07, 6.45) is 6.52. The van der Waals surface area contributed by atoms with Gasteiger partial charge in [0, 0.05) is 25.1 Å². The van der Waals surface area contributed by atoms with E-state index in [0.29, 0.717) is 22.8 Å². The third kappa shape index (κ3) is 7.84. The second-order valence-corrected chi connectivity index (χ2v) is 8.71. The Hall–Kier alpha value is -2.82. The molecule has 1 aliphatic heterocycles. The first kappa shape index (κ1) is 31.2. The van der Waals surface area contributed by atoms with Crippen LogP contribution in [0.3, 0.4) is 0 Å². The molecule has 0 aromatic heterocycles. The van der Waals surface area contributed by atoms with Crippen LogP contribution in [0, 0.1) is 11.8 Å². The van der Waals surface area contributed by atoms with Gasteiger partial charge >= 0.3 is 0 Å². The number of Topliss-reactive ketones (excluding diaryl/α,β-unsaturated/α-hetero) is 1. The van der Waals surface area contributed by atoms with Gasteiger partial charge in [-0.05, 0) is 66.6 Å². The molecule has 1 saturated heterocycles. The van der Waals surface area contributed by atoms with Gasteiger partial charge in [0.2, 0.25) is 0 Å². The van der Waals surface area contributed by atoms with E-state index in [9.17, 15) is 9.59 Å². The summed E-state index contributed by atoms with van der Waals surface area (Å²) in [5.41, 5.74) is 2.05. The third-order valence-electron chi connectivity index (χ3n) is 6.85. The maximum atomic E-state index is 13.2. The number of hydrogen-bond donors (Lipinski definition) is 0. The van der Waals surface area contributed by atoms with Crippen LogP contribution in [0.4, 0.5) is 0 Å². The summed E-state index contributed by atoms with van der Waals surface area (Å²) in [6.45, 7) is 9.67. The fraction of sp³-hybridized carbons (Fsp3) is 0.548. The van der Waals surface area contributed by atoms with Gasteiger partial charge in [0.05, 0.1) is 19.8 Å². The molecule has 2 aromatic carbocycles. The van der Waals surface area contributed by atoms with E-state index in [1.165, 1.54) is 25.7 Å². The number of carbonyl (C=O) groups excluding carboxylic acids is 2. The maximum absolute atomic E-state index is 13.2. The number of amides is 1. The Bertz CT molecular complexity index is 938. The molecule has 2 aromatic rings. The van der Waals surface area contributed by atoms with E-state index in [2.05, 4.69) is 0 Å². The van der Waals surface area contributed by atoms with Crippen LogP contribution in [0.1, 0.15) is 93.5 Å². The number of ether oxygens (including phenoxy) is 2. The molecule has 1 amide bonds. The number of hydrogen-bond acceptors (Lipinski definition) is 4. The fourth-order valence-corrected chi connectivity index (χ4v) is 5.04. The number of nitrogens with zero attached hydrogens (tertiary/aromatic N) is 1. The zero-order chi connectivity index (χ0) is 25.8. The van der Waals surface area contributed by atoms with Crippen LogP contribution >= 0.6 is 0 Å². The van der Waals surface area contributed by atoms with Gasteiger partial charge in [0.25, 0.3) is 5.91 Å². The maximum Gasteiger partial charge on any atom is 0.257 e. The van der Waals surface area contributed by atoms with Crippen molar-refractivity contribution in [2.75, 3.05) is 27.3 Å². The lowest BCUT2D eigenvalue weighted by Gasteiger charge is -2.41. The molecule has 1 saturated carbocycles. The SMILES string of the molecule is C.CC.CC.COc1ccc(C(=O)Cc2ccc(C(=O)N3CCC4CCCC[C@H]4C3)c(OC)c2)cc1. The Kier molecular flexibility index (Phi) is 13.9. The summed E-state index contributed by atoms with van der Waals surface area (Å²) in [5, 5.41) is 0. The topological polar surface area (TPSA) is 55.8 Å². The fourth-order valence-electron chi connectivity index (χ4n) is 5.04. The highest BCUT2D eigenvalue weighted by atomic mass is 16.5. The first-order valence-electron chi connectivity index (χ1n) is 13.2. The van der Waals surface area contributed by atoms with E-state index in [1.807, 2.05) is 50.8 Å². The van der Waals surface area contributed by atoms with Crippen LogP contribution in [0.2, 0.25) is 0 Å². The highest BCUT2D eigenvalue weighted by Crippen LogP contribution is 2.37. The number of benzene rings is 2. The average molecular weight is 498 g/mol. The summed E-state index contributed by atoms with van der Waals surface area (Å²) in [6, 6.07) is 12.6. The van der Waals surface area contributed by atoms with Crippen molar-refractivity contribution in [1.82, 2.24) is 4.90 Å². The van der Waals surface area contributed by atoms with Crippen molar-refractivity contribution in [3.05, 3.63) is 59.2 Å². The van der Waals surface area contributed by atoms with Crippen LogP contribution in [0.5, 0.6) is 11.5 Å². The van der Waals surface area contributed by atoms with Crippen molar-refractivity contribution >= 4 is 11.7 Å². The Morgan fingerprint density at radius 1 is 0.861 bits per heavy atom. The Morgan fingerprint density at radius 2 is 1.50 bits per heavy atom. The first-order valence-corrected chi connectivity index (χ1v) is 13.2. The molecule has 0 bridgehead atoms. The highest BCUT2D eigenvalue weighted by Gasteiger charge is 2.33. The number of likely N-dealkylation sites (tertiary alicyclic amines) is 1. The molecule has 5 heteroatoms. The van der Waals surface area contributed by atoms with Crippen molar-refractivity contribution in [2.45, 2.75) is 73.6 Å². The van der Waals surface area contributed by atoms with E-state index in [-0.39, 0.29) is 25.5 Å². The summed E-state index contributed by atoms with van der Waals surface area (Å²) in [5.74, 6) is 2.73. The highest BCUT2D eigenvalue weighted by molar-refractivity contribution is 5.99. The van der Waals surface area contributed by atoms with Gasteiger partial charge in [0.15, 0.2) is 5.78 Å². The molecule has 5 nitrogen and oxygen atoms in total. The predicted molar refractivity (Wildman–Crippen MR) is 149 cm³/mol. The Morgan fingerprint density at radius 3 is 2.11 bits per heavy atom. The molecule has 0 spiro atoms. The quantitative estimate of drug-likeness (QED) is 0.388. The molecule has 1 heterocycles. The van der Waals surface area contributed by atoms with E-state index in [1.54, 1.807) is 38.5 Å². The van der Waals surface area contributed by atoms with Crippen LogP contribution in [-0.4, -0.2) is 43.9 Å². The zero-order valence-corrected chi connectivity index (χ0v) is 22.4. The minimum atomic E-state index is 0. The molecule has 1 unspecified atom stereocenters. The van der Waals surface area contributed by atoms with Crippen LogP contribution in [0.25, 0.3) is 0 Å². The summed E-state index contributed by atoms with van der Waals surface area (Å²) < 4.78 is 10.7. The lowest BCUT2D eigenvalue weighted by molar-refractivity contribution is 0.0518. The number of carbonyl (C=O) groups is 2. The van der Waals surface area contributed by atoms with E-state index < -0.39 is 0 Å². The number of ketones is 1.